The molecular formula is C14H13FIN3OS. The second-order valence-corrected chi connectivity index (χ2v) is 6.55. The first-order chi connectivity index (χ1) is 9.90. The van der Waals surface area contributed by atoms with E-state index in [-0.39, 0.29) is 11.9 Å². The number of hydrogen-bond donors (Lipinski definition) is 1. The van der Waals surface area contributed by atoms with Gasteiger partial charge in [0, 0.05) is 11.6 Å². The van der Waals surface area contributed by atoms with Crippen molar-refractivity contribution >= 4 is 45.8 Å². The lowest BCUT2D eigenvalue weighted by molar-refractivity contribution is 0.391. The number of halogens is 2. The monoisotopic (exact) mass is 417 g/mol. The van der Waals surface area contributed by atoms with Gasteiger partial charge in [-0.3, -0.25) is 0 Å². The number of aromatic nitrogens is 3. The van der Waals surface area contributed by atoms with Gasteiger partial charge >= 0.3 is 0 Å². The Balaban J connectivity index is 2.27. The second-order valence-electron chi connectivity index (χ2n) is 5.00. The number of nitrogens with zero attached hydrogens (tertiary/aromatic N) is 2. The Hall–Kier alpha value is -1.22. The SMILES string of the molecule is Cc1noc(C)c1C(C)n1c(=S)[nH]c2cc(I)c(F)cc21. The zero-order valence-electron chi connectivity index (χ0n) is 11.7. The van der Waals surface area contributed by atoms with Gasteiger partial charge in [0.05, 0.1) is 26.3 Å². The van der Waals surface area contributed by atoms with Crippen LogP contribution < -0.4 is 0 Å². The van der Waals surface area contributed by atoms with E-state index in [9.17, 15) is 4.39 Å². The van der Waals surface area contributed by atoms with Gasteiger partial charge in [-0.2, -0.15) is 0 Å². The van der Waals surface area contributed by atoms with Crippen LogP contribution in [0.25, 0.3) is 11.0 Å². The van der Waals surface area contributed by atoms with E-state index in [1.165, 1.54) is 6.07 Å². The number of aryl methyl sites for hydroxylation is 2. The molecule has 0 aliphatic carbocycles. The number of benzene rings is 1. The van der Waals surface area contributed by atoms with Crippen molar-refractivity contribution in [3.8, 4) is 0 Å². The van der Waals surface area contributed by atoms with Gasteiger partial charge in [-0.05, 0) is 61.6 Å². The molecule has 0 saturated carbocycles. The molecule has 1 aromatic carbocycles. The molecule has 2 aromatic heterocycles. The molecule has 0 saturated heterocycles. The van der Waals surface area contributed by atoms with Crippen LogP contribution in [0.3, 0.4) is 0 Å². The molecule has 0 aliphatic rings. The summed E-state index contributed by atoms with van der Waals surface area (Å²) in [5.74, 6) is 0.499. The number of imidazole rings is 1. The maximum absolute atomic E-state index is 13.9. The van der Waals surface area contributed by atoms with Crippen molar-refractivity contribution in [1.29, 1.82) is 0 Å². The molecule has 1 atom stereocenters. The first-order valence-electron chi connectivity index (χ1n) is 6.42. The number of aromatic amines is 1. The van der Waals surface area contributed by atoms with Gasteiger partial charge in [-0.25, -0.2) is 4.39 Å². The smallest absolute Gasteiger partial charge is 0.178 e. The molecule has 0 spiro atoms. The summed E-state index contributed by atoms with van der Waals surface area (Å²) >= 11 is 7.38. The normalized spacial score (nSPS) is 13.0. The summed E-state index contributed by atoms with van der Waals surface area (Å²) in [5, 5.41) is 3.98. The summed E-state index contributed by atoms with van der Waals surface area (Å²) in [5.41, 5.74) is 3.36. The van der Waals surface area contributed by atoms with Crippen molar-refractivity contribution in [2.45, 2.75) is 26.8 Å². The molecule has 2 heterocycles. The highest BCUT2D eigenvalue weighted by molar-refractivity contribution is 14.1. The topological polar surface area (TPSA) is 46.8 Å². The highest BCUT2D eigenvalue weighted by atomic mass is 127. The highest BCUT2D eigenvalue weighted by Crippen LogP contribution is 2.30. The largest absolute Gasteiger partial charge is 0.361 e. The molecule has 0 radical (unpaired) electrons. The number of nitrogens with one attached hydrogen (secondary N) is 1. The average Bonchev–Trinajstić information content (AvgIpc) is 2.89. The fraction of sp³-hybridized carbons (Fsp3) is 0.286. The Morgan fingerprint density at radius 1 is 1.43 bits per heavy atom. The third-order valence-electron chi connectivity index (χ3n) is 3.65. The molecule has 4 nitrogen and oxygen atoms in total. The summed E-state index contributed by atoms with van der Waals surface area (Å²) in [6.45, 7) is 5.77. The Kier molecular flexibility index (Phi) is 3.64. The van der Waals surface area contributed by atoms with Crippen LogP contribution in [-0.2, 0) is 0 Å². The predicted molar refractivity (Wildman–Crippen MR) is 89.6 cm³/mol. The molecule has 110 valence electrons. The zero-order chi connectivity index (χ0) is 15.3. The lowest BCUT2D eigenvalue weighted by atomic mass is 10.1. The van der Waals surface area contributed by atoms with E-state index < -0.39 is 0 Å². The number of hydrogen-bond acceptors (Lipinski definition) is 3. The van der Waals surface area contributed by atoms with Crippen LogP contribution in [0.4, 0.5) is 4.39 Å². The van der Waals surface area contributed by atoms with Crippen molar-refractivity contribution in [3.05, 3.63) is 43.3 Å². The predicted octanol–water partition coefficient (Wildman–Crippen LogP) is 4.66. The van der Waals surface area contributed by atoms with Gasteiger partial charge in [-0.1, -0.05) is 5.16 Å². The molecule has 21 heavy (non-hydrogen) atoms. The summed E-state index contributed by atoms with van der Waals surface area (Å²) < 4.78 is 22.1. The highest BCUT2D eigenvalue weighted by Gasteiger charge is 2.21. The van der Waals surface area contributed by atoms with Crippen LogP contribution in [0.1, 0.15) is 30.0 Å². The molecule has 0 amide bonds. The molecule has 3 rings (SSSR count). The van der Waals surface area contributed by atoms with E-state index in [4.69, 9.17) is 16.7 Å². The molecule has 1 N–H and O–H groups in total. The van der Waals surface area contributed by atoms with E-state index in [0.717, 1.165) is 28.1 Å². The average molecular weight is 417 g/mol. The molecule has 7 heteroatoms. The summed E-state index contributed by atoms with van der Waals surface area (Å²) in [6, 6.07) is 3.19. The Labute approximate surface area is 139 Å². The lowest BCUT2D eigenvalue weighted by Gasteiger charge is -2.14. The van der Waals surface area contributed by atoms with E-state index in [1.54, 1.807) is 6.07 Å². The Morgan fingerprint density at radius 3 is 2.76 bits per heavy atom. The van der Waals surface area contributed by atoms with E-state index in [1.807, 2.05) is 47.9 Å². The zero-order valence-corrected chi connectivity index (χ0v) is 14.7. The third kappa shape index (κ3) is 2.32. The minimum absolute atomic E-state index is 0.0861. The van der Waals surface area contributed by atoms with E-state index in [0.29, 0.717) is 8.34 Å². The Morgan fingerprint density at radius 2 is 2.14 bits per heavy atom. The standard InChI is InChI=1S/C14H13FIN3OS/c1-6-13(8(3)20-18-6)7(2)19-12-4-9(15)10(16)5-11(12)17-14(19)21/h4-5,7H,1-3H3,(H,17,21). The molecule has 0 fully saturated rings. The van der Waals surface area contributed by atoms with Gasteiger partial charge in [0.1, 0.15) is 11.6 Å². The summed E-state index contributed by atoms with van der Waals surface area (Å²) in [7, 11) is 0. The van der Waals surface area contributed by atoms with Crippen LogP contribution in [0, 0.1) is 28.0 Å². The van der Waals surface area contributed by atoms with Crippen LogP contribution in [-0.4, -0.2) is 14.7 Å². The maximum Gasteiger partial charge on any atom is 0.178 e. The molecule has 1 unspecified atom stereocenters. The van der Waals surface area contributed by atoms with Gasteiger partial charge in [0.15, 0.2) is 4.77 Å². The first kappa shape index (κ1) is 14.7. The van der Waals surface area contributed by atoms with Crippen LogP contribution >= 0.6 is 34.8 Å². The minimum Gasteiger partial charge on any atom is -0.361 e. The van der Waals surface area contributed by atoms with Crippen molar-refractivity contribution in [3.63, 3.8) is 0 Å². The number of H-pyrrole nitrogens is 1. The third-order valence-corrected chi connectivity index (χ3v) is 4.78. The molecule has 0 aliphatic heterocycles. The van der Waals surface area contributed by atoms with Crippen molar-refractivity contribution in [2.24, 2.45) is 0 Å². The summed E-state index contributed by atoms with van der Waals surface area (Å²) in [4.78, 5) is 3.13. The van der Waals surface area contributed by atoms with Gasteiger partial charge in [0.25, 0.3) is 0 Å². The first-order valence-corrected chi connectivity index (χ1v) is 7.91. The second kappa shape index (κ2) is 5.20. The van der Waals surface area contributed by atoms with E-state index in [2.05, 4.69) is 10.1 Å². The minimum atomic E-state index is -0.253. The van der Waals surface area contributed by atoms with Crippen LogP contribution in [0.15, 0.2) is 16.7 Å². The van der Waals surface area contributed by atoms with Gasteiger partial charge < -0.3 is 14.1 Å². The van der Waals surface area contributed by atoms with Crippen molar-refractivity contribution in [2.75, 3.05) is 0 Å². The van der Waals surface area contributed by atoms with Crippen LogP contribution in [0.2, 0.25) is 0 Å². The van der Waals surface area contributed by atoms with Crippen molar-refractivity contribution < 1.29 is 8.91 Å². The van der Waals surface area contributed by atoms with Crippen LogP contribution in [0.5, 0.6) is 0 Å². The van der Waals surface area contributed by atoms with E-state index >= 15 is 0 Å². The number of fused-ring (bicyclic) bond motifs is 1. The quantitative estimate of drug-likeness (QED) is 0.488. The molecular weight excluding hydrogens is 404 g/mol. The molecule has 0 bridgehead atoms. The van der Waals surface area contributed by atoms with Gasteiger partial charge in [0.2, 0.25) is 0 Å². The number of rotatable bonds is 2. The van der Waals surface area contributed by atoms with Gasteiger partial charge in [-0.15, -0.1) is 0 Å². The fourth-order valence-electron chi connectivity index (χ4n) is 2.72. The fourth-order valence-corrected chi connectivity index (χ4v) is 3.55. The molecule has 3 aromatic rings. The summed E-state index contributed by atoms with van der Waals surface area (Å²) in [6.07, 6.45) is 0. The lowest BCUT2D eigenvalue weighted by Crippen LogP contribution is -2.08. The Bertz CT molecular complexity index is 876. The maximum atomic E-state index is 13.9. The van der Waals surface area contributed by atoms with Crippen molar-refractivity contribution in [1.82, 2.24) is 14.7 Å².